The van der Waals surface area contributed by atoms with Crippen LogP contribution >= 0.6 is 0 Å². The van der Waals surface area contributed by atoms with Crippen LogP contribution in [0.2, 0.25) is 0 Å². The third-order valence-electron chi connectivity index (χ3n) is 10.9. The summed E-state index contributed by atoms with van der Waals surface area (Å²) in [6.45, 7) is 10.4. The summed E-state index contributed by atoms with van der Waals surface area (Å²) >= 11 is 0. The Labute approximate surface area is 230 Å². The number of hydrogen-bond donors (Lipinski definition) is 1. The van der Waals surface area contributed by atoms with Gasteiger partial charge in [0.05, 0.1) is 24.2 Å². The maximum Gasteiger partial charge on any atom is 0.219 e. The van der Waals surface area contributed by atoms with Gasteiger partial charge in [-0.1, -0.05) is 0 Å². The molecule has 2 saturated heterocycles. The van der Waals surface area contributed by atoms with Crippen molar-refractivity contribution < 1.29 is 4.79 Å². The summed E-state index contributed by atoms with van der Waals surface area (Å²) in [6.07, 6.45) is 8.24. The fourth-order valence-corrected chi connectivity index (χ4v) is 8.93. The van der Waals surface area contributed by atoms with E-state index in [0.29, 0.717) is 23.4 Å². The maximum absolute atomic E-state index is 12.3. The summed E-state index contributed by atoms with van der Waals surface area (Å²) in [6, 6.07) is 8.82. The lowest BCUT2D eigenvalue weighted by molar-refractivity contribution is -0.129. The van der Waals surface area contributed by atoms with E-state index in [-0.39, 0.29) is 5.91 Å². The summed E-state index contributed by atoms with van der Waals surface area (Å²) in [7, 11) is 0. The zero-order valence-electron chi connectivity index (χ0n) is 23.1. The van der Waals surface area contributed by atoms with E-state index in [4.69, 9.17) is 5.10 Å². The minimum Gasteiger partial charge on any atom is -0.338 e. The first-order valence-electron chi connectivity index (χ1n) is 15.0. The minimum absolute atomic E-state index is 0.139. The van der Waals surface area contributed by atoms with Gasteiger partial charge >= 0.3 is 0 Å². The molecule has 4 aliphatic heterocycles. The first kappa shape index (κ1) is 24.0. The molecular weight excluding hydrogens is 486 g/mol. The van der Waals surface area contributed by atoms with Gasteiger partial charge in [-0.15, -0.1) is 0 Å². The van der Waals surface area contributed by atoms with Gasteiger partial charge < -0.3 is 20.0 Å². The molecule has 39 heavy (non-hydrogen) atoms. The molecule has 5 heterocycles. The van der Waals surface area contributed by atoms with Crippen LogP contribution in [-0.4, -0.2) is 71.3 Å². The normalized spacial score (nSPS) is 26.6. The third kappa shape index (κ3) is 3.76. The zero-order valence-corrected chi connectivity index (χ0v) is 23.1. The van der Waals surface area contributed by atoms with Gasteiger partial charge in [0.2, 0.25) is 5.91 Å². The summed E-state index contributed by atoms with van der Waals surface area (Å²) in [5.41, 5.74) is 6.86. The lowest BCUT2D eigenvalue weighted by Gasteiger charge is -2.62. The predicted molar refractivity (Wildman–Crippen MR) is 149 cm³/mol. The van der Waals surface area contributed by atoms with Crippen molar-refractivity contribution in [2.75, 3.05) is 50.7 Å². The second kappa shape index (κ2) is 8.55. The highest BCUT2D eigenvalue weighted by atomic mass is 16.2. The van der Waals surface area contributed by atoms with E-state index in [1.165, 1.54) is 80.9 Å². The number of fused-ring (bicyclic) bond motifs is 2. The first-order valence-corrected chi connectivity index (χ1v) is 15.0. The van der Waals surface area contributed by atoms with E-state index in [0.717, 1.165) is 49.7 Å². The van der Waals surface area contributed by atoms with Gasteiger partial charge in [-0.25, -0.2) is 0 Å². The number of anilines is 2. The molecule has 204 valence electrons. The first-order chi connectivity index (χ1) is 18.9. The predicted octanol–water partition coefficient (Wildman–Crippen LogP) is 3.38. The van der Waals surface area contributed by atoms with Crippen LogP contribution in [0.1, 0.15) is 67.5 Å². The van der Waals surface area contributed by atoms with Crippen LogP contribution in [-0.2, 0) is 24.2 Å². The molecule has 6 aliphatic rings. The van der Waals surface area contributed by atoms with Crippen molar-refractivity contribution in [3.63, 3.8) is 0 Å². The number of carbonyl (C=O) groups excluding carboxylic acids is 1. The second-order valence-corrected chi connectivity index (χ2v) is 13.7. The molecule has 0 bridgehead atoms. The molecular formula is C31H39N7O. The highest BCUT2D eigenvalue weighted by molar-refractivity contribution is 5.75. The van der Waals surface area contributed by atoms with Gasteiger partial charge in [0.15, 0.2) is 5.82 Å². The number of nitriles is 1. The fourth-order valence-electron chi connectivity index (χ4n) is 8.93. The van der Waals surface area contributed by atoms with Crippen molar-refractivity contribution in [1.82, 2.24) is 24.9 Å². The van der Waals surface area contributed by atoms with Crippen LogP contribution in [0.25, 0.3) is 0 Å². The fraction of sp³-hybridized carbons (Fsp3) is 0.645. The number of hydrogen-bond acceptors (Lipinski definition) is 6. The molecule has 2 saturated carbocycles. The maximum atomic E-state index is 12.3. The number of nitrogens with one attached hydrogen (secondary N) is 1. The number of aryl methyl sites for hydroxylation is 1. The van der Waals surface area contributed by atoms with Crippen molar-refractivity contribution in [3.8, 4) is 6.07 Å². The van der Waals surface area contributed by atoms with E-state index in [1.54, 1.807) is 6.92 Å². The molecule has 2 aliphatic carbocycles. The van der Waals surface area contributed by atoms with Gasteiger partial charge in [0.1, 0.15) is 0 Å². The Hall–Kier alpha value is -2.89. The Morgan fingerprint density at radius 1 is 1.13 bits per heavy atom. The van der Waals surface area contributed by atoms with Gasteiger partial charge in [-0.3, -0.25) is 9.48 Å². The largest absolute Gasteiger partial charge is 0.338 e. The average Bonchev–Trinajstić information content (AvgIpc) is 3.22. The molecule has 8 rings (SSSR count). The quantitative estimate of drug-likeness (QED) is 0.659. The van der Waals surface area contributed by atoms with E-state index in [2.05, 4.69) is 31.9 Å². The molecule has 2 spiro atoms. The molecule has 1 aromatic heterocycles. The molecule has 0 unspecified atom stereocenters. The Morgan fingerprint density at radius 2 is 1.95 bits per heavy atom. The molecule has 1 aromatic carbocycles. The highest BCUT2D eigenvalue weighted by Gasteiger charge is 2.55. The number of benzene rings is 1. The molecule has 1 N–H and O–H groups in total. The molecule has 2 aromatic rings. The SMILES string of the molecule is CC(=O)N1CCc2c(c(N3CCCc4cc(C#N)ccc43)nn2C2CC3(C2)CN(CC2CC4(CNC4)C2)C3)C1. The second-order valence-electron chi connectivity index (χ2n) is 13.7. The Balaban J connectivity index is 1.01. The van der Waals surface area contributed by atoms with E-state index >= 15 is 0 Å². The van der Waals surface area contributed by atoms with Crippen LogP contribution in [0.15, 0.2) is 18.2 Å². The van der Waals surface area contributed by atoms with E-state index in [1.807, 2.05) is 17.0 Å². The summed E-state index contributed by atoms with van der Waals surface area (Å²) in [4.78, 5) is 19.4. The lowest BCUT2D eigenvalue weighted by Crippen LogP contribution is -2.66. The zero-order chi connectivity index (χ0) is 26.4. The number of aromatic nitrogens is 2. The lowest BCUT2D eigenvalue weighted by atomic mass is 9.57. The minimum atomic E-state index is 0.139. The molecule has 4 fully saturated rings. The third-order valence-corrected chi connectivity index (χ3v) is 10.9. The number of carbonyl (C=O) groups is 1. The number of rotatable bonds is 4. The van der Waals surface area contributed by atoms with Gasteiger partial charge in [-0.2, -0.15) is 10.4 Å². The molecule has 0 radical (unpaired) electrons. The standard InChI is InChI=1S/C31H39N7O/c1-21(39)36-8-6-28-26(16-36)29(37-7-2-3-24-9-22(14-32)4-5-27(24)37)34-38(28)25-12-31(13-25)19-35(20-31)15-23-10-30(11-23)17-33-18-30/h4-5,9,23,25,33H,2-3,6-8,10-13,15-20H2,1H3. The van der Waals surface area contributed by atoms with Crippen molar-refractivity contribution in [2.24, 2.45) is 16.7 Å². The molecule has 1 amide bonds. The number of likely N-dealkylation sites (tertiary alicyclic amines) is 1. The van der Waals surface area contributed by atoms with E-state index in [9.17, 15) is 10.1 Å². The Bertz CT molecular complexity index is 1360. The Kier molecular flexibility index (Phi) is 5.25. The summed E-state index contributed by atoms with van der Waals surface area (Å²) < 4.78 is 2.37. The number of amides is 1. The van der Waals surface area contributed by atoms with Crippen LogP contribution in [0, 0.1) is 28.1 Å². The van der Waals surface area contributed by atoms with E-state index < -0.39 is 0 Å². The molecule has 8 nitrogen and oxygen atoms in total. The van der Waals surface area contributed by atoms with Crippen molar-refractivity contribution in [1.29, 1.82) is 5.26 Å². The topological polar surface area (TPSA) is 80.4 Å². The van der Waals surface area contributed by atoms with Crippen LogP contribution in [0.3, 0.4) is 0 Å². The van der Waals surface area contributed by atoms with Crippen LogP contribution in [0.5, 0.6) is 0 Å². The van der Waals surface area contributed by atoms with Gasteiger partial charge in [-0.05, 0) is 79.0 Å². The van der Waals surface area contributed by atoms with Crippen molar-refractivity contribution in [3.05, 3.63) is 40.6 Å². The van der Waals surface area contributed by atoms with Gasteiger partial charge in [0.25, 0.3) is 0 Å². The summed E-state index contributed by atoms with van der Waals surface area (Å²) in [5.74, 6) is 2.09. The van der Waals surface area contributed by atoms with Crippen LogP contribution < -0.4 is 10.2 Å². The Morgan fingerprint density at radius 3 is 2.67 bits per heavy atom. The smallest absolute Gasteiger partial charge is 0.219 e. The van der Waals surface area contributed by atoms with Gasteiger partial charge in [0, 0.05) is 76.1 Å². The monoisotopic (exact) mass is 525 g/mol. The van der Waals surface area contributed by atoms with Crippen molar-refractivity contribution >= 4 is 17.4 Å². The highest BCUT2D eigenvalue weighted by Crippen LogP contribution is 2.56. The van der Waals surface area contributed by atoms with Crippen molar-refractivity contribution in [2.45, 2.75) is 64.5 Å². The average molecular weight is 526 g/mol. The van der Waals surface area contributed by atoms with Crippen LogP contribution in [0.4, 0.5) is 11.5 Å². The molecule has 0 atom stereocenters. The summed E-state index contributed by atoms with van der Waals surface area (Å²) in [5, 5.41) is 18.2. The molecule has 8 heteroatoms. The number of nitrogens with zero attached hydrogens (tertiary/aromatic N) is 6.